The number of H-pyrrole nitrogens is 1. The van der Waals surface area contributed by atoms with Crippen LogP contribution in [0.15, 0.2) is 81.5 Å². The van der Waals surface area contributed by atoms with Crippen molar-refractivity contribution in [3.8, 4) is 23.3 Å². The Balaban J connectivity index is 0.513. The van der Waals surface area contributed by atoms with Crippen LogP contribution in [0.4, 0.5) is 10.5 Å². The van der Waals surface area contributed by atoms with Crippen molar-refractivity contribution in [2.75, 3.05) is 94.8 Å². The van der Waals surface area contributed by atoms with Crippen LogP contribution in [0.1, 0.15) is 135 Å². The lowest BCUT2D eigenvalue weighted by Crippen LogP contribution is -2.45. The van der Waals surface area contributed by atoms with E-state index in [-0.39, 0.29) is 61.4 Å². The second-order valence-electron chi connectivity index (χ2n) is 26.4. The summed E-state index contributed by atoms with van der Waals surface area (Å²) in [7, 11) is -14.6. The topological polar surface area (TPSA) is 432 Å². The van der Waals surface area contributed by atoms with Gasteiger partial charge in [-0.05, 0) is 134 Å². The van der Waals surface area contributed by atoms with E-state index in [2.05, 4.69) is 73.3 Å². The van der Waals surface area contributed by atoms with Crippen LogP contribution in [0.3, 0.4) is 0 Å². The number of aromatic nitrogens is 5. The number of benzene rings is 4. The number of rotatable bonds is 36. The van der Waals surface area contributed by atoms with E-state index in [1.807, 2.05) is 31.2 Å². The van der Waals surface area contributed by atoms with Gasteiger partial charge in [-0.25, -0.2) is 32.7 Å². The molecule has 6 aromatic rings. The number of amides is 3. The smallest absolute Gasteiger partial charge is 0.478 e. The zero-order valence-corrected chi connectivity index (χ0v) is 65.8. The number of hydrogen-bond donors (Lipinski definition) is 9. The summed E-state index contributed by atoms with van der Waals surface area (Å²) in [5.74, 6) is 6.17. The SMILES string of the molecule is CCS(=S)COC1C[C@H](n2cc(C#CCNC(=O)OCCCCOCSSc3ccc(CC(=O)NCCOCCCn4cc(CNC(=O)c5ccc(C(=O)O)c(C6=c7cc8c9c(c7Oc7c6cc6c%10c7CCCN%10CCC6)CCC[N+]=9CCC8)c5)nn4)cc3)c(=O)[nH]c2=O)O[C@@H]1COP(=O)(O)OP(=O)(O)OP(=O)(O)O. The molecule has 12 rings (SSSR count). The van der Waals surface area contributed by atoms with Crippen molar-refractivity contribution in [3.63, 3.8) is 0 Å². The van der Waals surface area contributed by atoms with Gasteiger partial charge in [0.1, 0.15) is 54.1 Å². The third-order valence-corrected chi connectivity index (χ3v) is 26.7. The standard InChI is InChI=1S/C70H83N10O23P3S4/c1-2-110(107)43-98-57-37-60(100-58(57)41-99-105(91,92)103-106(93,94)102-104(88,89)90)80-39-48(67(83)74-69(80)86)11-5-22-72-70(87)97-31-4-3-29-96-42-108-109-50-19-16-44(17-20-50)33-59(81)71-23-32-95-30-10-28-79-40-49(75-76-79)38-73-66(82)47-18-21-51(68(84)85)54(36-47)61-55-34-45-12-6-24-77-26-8-14-52(62(45)77)64(55)101-65-53-15-9-27-78-25-7-13-46(63(53)78)35-56(61)65/h16-21,34-36,39-40,57-58,60H,2-4,6-10,12-15,22-33,37-38,41-43H2,1H3,(H8-,71,72,73,74,81,82,83,84,85,86,87,88,89,90,91,92,93,94)/p+1/t57?,58-,60-,110?/m1/s1. The van der Waals surface area contributed by atoms with Crippen molar-refractivity contribution in [1.82, 2.24) is 45.1 Å². The van der Waals surface area contributed by atoms with E-state index in [0.29, 0.717) is 80.7 Å². The molecule has 6 atom stereocenters. The normalized spacial score (nSPS) is 18.2. The van der Waals surface area contributed by atoms with Crippen molar-refractivity contribution in [2.24, 2.45) is 0 Å². The zero-order chi connectivity index (χ0) is 77.7. The summed E-state index contributed by atoms with van der Waals surface area (Å²) in [6.45, 7) is 6.89. The fourth-order valence-electron chi connectivity index (χ4n) is 14.0. The average molecular weight is 1650 g/mol. The summed E-state index contributed by atoms with van der Waals surface area (Å²) >= 11 is 5.32. The molecule has 9 N–H and O–H groups in total. The Labute approximate surface area is 646 Å². The number of carboxylic acids is 1. The average Bonchev–Trinajstić information content (AvgIpc) is 0.814. The second-order valence-corrected chi connectivity index (χ2v) is 36.3. The Morgan fingerprint density at radius 3 is 2.39 bits per heavy atom. The number of fused-ring (bicyclic) bond motifs is 4. The molecule has 4 unspecified atom stereocenters. The van der Waals surface area contributed by atoms with Gasteiger partial charge in [-0.1, -0.05) is 67.2 Å². The molecule has 0 aliphatic carbocycles. The number of hydrogen-bond acceptors (Lipinski definition) is 24. The molecule has 1 saturated heterocycles. The van der Waals surface area contributed by atoms with Gasteiger partial charge in [0.25, 0.3) is 11.5 Å². The number of carboxylic acid groups (broad SMARTS) is 1. The van der Waals surface area contributed by atoms with Crippen LogP contribution in [0.2, 0.25) is 0 Å². The Morgan fingerprint density at radius 2 is 1.60 bits per heavy atom. The first-order valence-corrected chi connectivity index (χ1v) is 45.1. The minimum atomic E-state index is -5.81. The first-order chi connectivity index (χ1) is 52.9. The van der Waals surface area contributed by atoms with E-state index < -0.39 is 81.3 Å². The molecule has 6 aliphatic rings. The molecule has 8 heterocycles. The number of alkyl carbamates (subject to hydrolysis) is 1. The highest BCUT2D eigenvalue weighted by atomic mass is 33.1. The molecule has 0 spiro atoms. The minimum absolute atomic E-state index is 0.0247. The fraction of sp³-hybridized carbons (Fsp3) is 0.471. The lowest BCUT2D eigenvalue weighted by Gasteiger charge is -2.39. The van der Waals surface area contributed by atoms with E-state index >= 15 is 0 Å². The van der Waals surface area contributed by atoms with E-state index in [1.165, 1.54) is 54.9 Å². The lowest BCUT2D eigenvalue weighted by molar-refractivity contribution is -0.120. The van der Waals surface area contributed by atoms with Crippen LogP contribution in [0.25, 0.3) is 5.57 Å². The molecule has 33 nitrogen and oxygen atoms in total. The number of nitrogens with one attached hydrogen (secondary N) is 4. The first-order valence-electron chi connectivity index (χ1n) is 35.8. The first kappa shape index (κ1) is 82.2. The Kier molecular flexibility index (Phi) is 28.1. The van der Waals surface area contributed by atoms with E-state index in [0.717, 1.165) is 127 Å². The highest BCUT2D eigenvalue weighted by Gasteiger charge is 2.45. The molecule has 2 aromatic heterocycles. The third kappa shape index (κ3) is 21.5. The molecule has 4 aromatic carbocycles. The Morgan fingerprint density at radius 1 is 0.836 bits per heavy atom. The number of anilines is 1. The minimum Gasteiger partial charge on any atom is -0.478 e. The van der Waals surface area contributed by atoms with E-state index in [4.69, 9.17) is 53.9 Å². The molecule has 3 amide bonds. The monoisotopic (exact) mass is 1650 g/mol. The molecule has 0 radical (unpaired) electrons. The highest BCUT2D eigenvalue weighted by Crippen LogP contribution is 2.66. The van der Waals surface area contributed by atoms with Gasteiger partial charge in [-0.15, -0.1) is 5.10 Å². The van der Waals surface area contributed by atoms with Gasteiger partial charge in [-0.2, -0.15) is 8.62 Å². The number of carbonyl (C=O) groups excluding carboxylic acids is 3. The number of unbranched alkanes of at least 4 members (excludes halogenated alkanes) is 1. The number of phosphoric acid groups is 3. The Bertz CT molecular complexity index is 4970. The van der Waals surface area contributed by atoms with Gasteiger partial charge in [0.2, 0.25) is 11.3 Å². The lowest BCUT2D eigenvalue weighted by atomic mass is 9.81. The number of nitrogens with zero attached hydrogens (tertiary/aromatic N) is 6. The van der Waals surface area contributed by atoms with E-state index in [1.54, 1.807) is 29.1 Å². The van der Waals surface area contributed by atoms with Crippen molar-refractivity contribution >= 4 is 101 Å². The predicted molar refractivity (Wildman–Crippen MR) is 408 cm³/mol. The summed E-state index contributed by atoms with van der Waals surface area (Å²) in [6.07, 6.45) is 8.16. The van der Waals surface area contributed by atoms with Crippen LogP contribution in [-0.2, 0) is 121 Å². The van der Waals surface area contributed by atoms with Gasteiger partial charge in [0, 0.05) is 108 Å². The van der Waals surface area contributed by atoms with Crippen LogP contribution < -0.4 is 52.0 Å². The highest BCUT2D eigenvalue weighted by molar-refractivity contribution is 8.76. The summed E-state index contributed by atoms with van der Waals surface area (Å²) in [5, 5.41) is 29.9. The third-order valence-electron chi connectivity index (χ3n) is 18.8. The maximum Gasteiger partial charge on any atom is 0.490 e. The van der Waals surface area contributed by atoms with Crippen molar-refractivity contribution in [1.29, 1.82) is 0 Å². The largest absolute Gasteiger partial charge is 0.490 e. The van der Waals surface area contributed by atoms with Gasteiger partial charge < -0.3 is 74.0 Å². The second kappa shape index (κ2) is 37.6. The van der Waals surface area contributed by atoms with Crippen molar-refractivity contribution < 1.29 is 99.1 Å². The molecule has 0 bridgehead atoms. The van der Waals surface area contributed by atoms with Crippen molar-refractivity contribution in [3.05, 3.63) is 160 Å². The van der Waals surface area contributed by atoms with Crippen LogP contribution >= 0.6 is 45.1 Å². The molecule has 40 heteroatoms. The van der Waals surface area contributed by atoms with Gasteiger partial charge in [0.05, 0.1) is 68.7 Å². The molecular weight excluding hydrogens is 1570 g/mol. The number of phosphoric ester groups is 1. The zero-order valence-electron chi connectivity index (χ0n) is 59.8. The summed E-state index contributed by atoms with van der Waals surface area (Å²) in [5.41, 5.74) is 8.15. The summed E-state index contributed by atoms with van der Waals surface area (Å²) in [4.78, 5) is 121. The number of carbonyl (C=O) groups is 4. The molecule has 0 saturated carbocycles. The van der Waals surface area contributed by atoms with Crippen LogP contribution in [0.5, 0.6) is 11.5 Å². The predicted octanol–water partition coefficient (Wildman–Crippen LogP) is 5.30. The summed E-state index contributed by atoms with van der Waals surface area (Å²) < 4.78 is 88.3. The molecule has 590 valence electrons. The molecule has 110 heavy (non-hydrogen) atoms. The fourth-order valence-corrected chi connectivity index (χ4v) is 19.4. The summed E-state index contributed by atoms with van der Waals surface area (Å²) in [6, 6.07) is 17.0. The number of aromatic amines is 1. The van der Waals surface area contributed by atoms with Gasteiger partial charge in [-0.3, -0.25) is 33.1 Å². The number of aromatic carboxylic acids is 1. The maximum absolute atomic E-state index is 14.1. The van der Waals surface area contributed by atoms with Crippen molar-refractivity contribution in [2.45, 2.75) is 127 Å². The molecule has 6 aliphatic heterocycles. The maximum atomic E-state index is 14.1. The number of aryl methyl sites for hydroxylation is 3. The van der Waals surface area contributed by atoms with Gasteiger partial charge in [0.15, 0.2) is 0 Å². The van der Waals surface area contributed by atoms with Crippen LogP contribution in [0, 0.1) is 11.8 Å². The Hall–Kier alpha value is -7.27. The number of ether oxygens (including phenoxy) is 6. The van der Waals surface area contributed by atoms with E-state index in [9.17, 15) is 57.4 Å². The van der Waals surface area contributed by atoms with Crippen LogP contribution in [-0.4, -0.2) is 175 Å². The quantitative estimate of drug-likeness (QED) is 0.00600. The molecule has 1 fully saturated rings. The van der Waals surface area contributed by atoms with Gasteiger partial charge >= 0.3 is 41.2 Å². The molecular formula is C70H84N10O23P3S4+.